The largest absolute Gasteiger partial charge is 0.418 e. The average Bonchev–Trinajstić information content (AvgIpc) is 2.31. The minimum Gasteiger partial charge on any atom is -0.382 e. The van der Waals surface area contributed by atoms with Crippen molar-refractivity contribution in [2.45, 2.75) is 25.1 Å². The first kappa shape index (κ1) is 13.5. The Kier molecular flexibility index (Phi) is 4.02. The Morgan fingerprint density at radius 1 is 1.22 bits per heavy atom. The molecule has 0 unspecified atom stereocenters. The van der Waals surface area contributed by atoms with Gasteiger partial charge < -0.3 is 10.6 Å². The van der Waals surface area contributed by atoms with Crippen molar-refractivity contribution in [2.75, 3.05) is 18.4 Å². The minimum atomic E-state index is -4.39. The second-order valence-electron chi connectivity index (χ2n) is 4.36. The fraction of sp³-hybridized carbons (Fsp3) is 0.500. The number of anilines is 1. The number of hydrogen-bond acceptors (Lipinski definition) is 2. The molecule has 0 radical (unpaired) electrons. The topological polar surface area (TPSA) is 24.1 Å². The molecule has 18 heavy (non-hydrogen) atoms. The van der Waals surface area contributed by atoms with Gasteiger partial charge in [0.2, 0.25) is 0 Å². The van der Waals surface area contributed by atoms with Crippen molar-refractivity contribution < 1.29 is 13.2 Å². The summed E-state index contributed by atoms with van der Waals surface area (Å²) in [5, 5.41) is 6.23. The molecule has 2 N–H and O–H groups in total. The molecule has 1 aromatic carbocycles. The summed E-state index contributed by atoms with van der Waals surface area (Å²) < 4.78 is 38.6. The monoisotopic (exact) mass is 278 g/mol. The Balaban J connectivity index is 2.21. The second-order valence-corrected chi connectivity index (χ2v) is 4.79. The van der Waals surface area contributed by atoms with E-state index in [4.69, 9.17) is 11.6 Å². The third-order valence-corrected chi connectivity index (χ3v) is 3.22. The highest BCUT2D eigenvalue weighted by molar-refractivity contribution is 6.30. The third-order valence-electron chi connectivity index (χ3n) is 2.99. The van der Waals surface area contributed by atoms with Crippen molar-refractivity contribution >= 4 is 17.3 Å². The summed E-state index contributed by atoms with van der Waals surface area (Å²) in [7, 11) is 0. The zero-order chi connectivity index (χ0) is 13.2. The van der Waals surface area contributed by atoms with E-state index in [0.29, 0.717) is 0 Å². The van der Waals surface area contributed by atoms with Gasteiger partial charge in [-0.2, -0.15) is 13.2 Å². The molecule has 0 aliphatic carbocycles. The van der Waals surface area contributed by atoms with E-state index < -0.39 is 11.7 Å². The predicted molar refractivity (Wildman–Crippen MR) is 66.0 cm³/mol. The van der Waals surface area contributed by atoms with Crippen LogP contribution in [-0.2, 0) is 6.18 Å². The van der Waals surface area contributed by atoms with Gasteiger partial charge in [0.25, 0.3) is 0 Å². The molecule has 1 saturated heterocycles. The number of benzene rings is 1. The van der Waals surface area contributed by atoms with Crippen molar-refractivity contribution in [1.82, 2.24) is 5.32 Å². The number of halogens is 4. The van der Waals surface area contributed by atoms with Crippen LogP contribution in [0.25, 0.3) is 0 Å². The van der Waals surface area contributed by atoms with Gasteiger partial charge >= 0.3 is 6.18 Å². The summed E-state index contributed by atoms with van der Waals surface area (Å²) in [5.74, 6) is 0. The van der Waals surface area contributed by atoms with Gasteiger partial charge in [-0.3, -0.25) is 0 Å². The van der Waals surface area contributed by atoms with Crippen molar-refractivity contribution in [3.63, 3.8) is 0 Å². The maximum Gasteiger partial charge on any atom is 0.418 e. The summed E-state index contributed by atoms with van der Waals surface area (Å²) in [6.45, 7) is 1.65. The summed E-state index contributed by atoms with van der Waals surface area (Å²) in [6, 6.07) is 3.91. The summed E-state index contributed by atoms with van der Waals surface area (Å²) >= 11 is 5.63. The third kappa shape index (κ3) is 3.29. The zero-order valence-corrected chi connectivity index (χ0v) is 10.4. The van der Waals surface area contributed by atoms with Crippen LogP contribution in [0, 0.1) is 0 Å². The smallest absolute Gasteiger partial charge is 0.382 e. The molecular weight excluding hydrogens is 265 g/mol. The van der Waals surface area contributed by atoms with E-state index in [1.54, 1.807) is 0 Å². The molecule has 100 valence electrons. The molecule has 1 fully saturated rings. The molecule has 1 aliphatic rings. The molecule has 0 amide bonds. The number of alkyl halides is 3. The quantitative estimate of drug-likeness (QED) is 0.865. The van der Waals surface area contributed by atoms with Crippen LogP contribution in [0.15, 0.2) is 18.2 Å². The molecule has 2 nitrogen and oxygen atoms in total. The number of piperidine rings is 1. The van der Waals surface area contributed by atoms with Crippen molar-refractivity contribution in [2.24, 2.45) is 0 Å². The number of hydrogen-bond donors (Lipinski definition) is 2. The highest BCUT2D eigenvalue weighted by Gasteiger charge is 2.34. The fourth-order valence-electron chi connectivity index (χ4n) is 2.06. The average molecular weight is 279 g/mol. The standard InChI is InChI=1S/C12H14ClF3N2/c13-8-1-2-11(10(7-8)12(14,15)16)18-9-3-5-17-6-4-9/h1-2,7,9,17-18H,3-6H2. The lowest BCUT2D eigenvalue weighted by Gasteiger charge is -2.26. The molecule has 6 heteroatoms. The highest BCUT2D eigenvalue weighted by atomic mass is 35.5. The van der Waals surface area contributed by atoms with E-state index >= 15 is 0 Å². The summed E-state index contributed by atoms with van der Waals surface area (Å²) in [6.07, 6.45) is -2.75. The molecular formula is C12H14ClF3N2. The van der Waals surface area contributed by atoms with Crippen LogP contribution in [-0.4, -0.2) is 19.1 Å². The van der Waals surface area contributed by atoms with Crippen LogP contribution >= 0.6 is 11.6 Å². The van der Waals surface area contributed by atoms with Crippen LogP contribution in [0.1, 0.15) is 18.4 Å². The van der Waals surface area contributed by atoms with Crippen molar-refractivity contribution in [3.05, 3.63) is 28.8 Å². The van der Waals surface area contributed by atoms with Gasteiger partial charge in [-0.25, -0.2) is 0 Å². The van der Waals surface area contributed by atoms with Crippen LogP contribution in [0.3, 0.4) is 0 Å². The SMILES string of the molecule is FC(F)(F)c1cc(Cl)ccc1NC1CCNCC1. The predicted octanol–water partition coefficient (Wildman–Crippen LogP) is 3.52. The van der Waals surface area contributed by atoms with Crippen LogP contribution in [0.4, 0.5) is 18.9 Å². The van der Waals surface area contributed by atoms with E-state index in [9.17, 15) is 13.2 Å². The molecule has 0 bridgehead atoms. The van der Waals surface area contributed by atoms with Gasteiger partial charge in [-0.15, -0.1) is 0 Å². The molecule has 2 rings (SSSR count). The van der Waals surface area contributed by atoms with E-state index in [1.807, 2.05) is 0 Å². The lowest BCUT2D eigenvalue weighted by atomic mass is 10.0. The number of nitrogens with one attached hydrogen (secondary N) is 2. The van der Waals surface area contributed by atoms with Gasteiger partial charge in [0.15, 0.2) is 0 Å². The van der Waals surface area contributed by atoms with Gasteiger partial charge in [-0.1, -0.05) is 11.6 Å². The first-order valence-corrected chi connectivity index (χ1v) is 6.18. The zero-order valence-electron chi connectivity index (χ0n) is 9.65. The normalized spacial score (nSPS) is 17.8. The molecule has 1 aliphatic heterocycles. The Morgan fingerprint density at radius 3 is 2.50 bits per heavy atom. The molecule has 0 atom stereocenters. The second kappa shape index (κ2) is 5.36. The van der Waals surface area contributed by atoms with Crippen LogP contribution < -0.4 is 10.6 Å². The van der Waals surface area contributed by atoms with E-state index in [-0.39, 0.29) is 16.8 Å². The first-order valence-electron chi connectivity index (χ1n) is 5.81. The minimum absolute atomic E-state index is 0.0773. The van der Waals surface area contributed by atoms with Gasteiger partial charge in [0.1, 0.15) is 0 Å². The number of rotatable bonds is 2. The van der Waals surface area contributed by atoms with Crippen molar-refractivity contribution in [1.29, 1.82) is 0 Å². The Hall–Kier alpha value is -0.940. The molecule has 1 heterocycles. The Morgan fingerprint density at radius 2 is 1.89 bits per heavy atom. The highest BCUT2D eigenvalue weighted by Crippen LogP contribution is 2.37. The Bertz CT molecular complexity index is 414. The lowest BCUT2D eigenvalue weighted by Crippen LogP contribution is -2.35. The van der Waals surface area contributed by atoms with E-state index in [2.05, 4.69) is 10.6 Å². The molecule has 0 saturated carbocycles. The van der Waals surface area contributed by atoms with Crippen molar-refractivity contribution in [3.8, 4) is 0 Å². The van der Waals surface area contributed by atoms with Crippen LogP contribution in [0.2, 0.25) is 5.02 Å². The molecule has 0 aromatic heterocycles. The summed E-state index contributed by atoms with van der Waals surface area (Å²) in [5.41, 5.74) is -0.590. The van der Waals surface area contributed by atoms with E-state index in [1.165, 1.54) is 12.1 Å². The van der Waals surface area contributed by atoms with Gasteiger partial charge in [0, 0.05) is 16.8 Å². The molecule has 0 spiro atoms. The maximum atomic E-state index is 12.9. The molecule has 1 aromatic rings. The Labute approximate surface area is 109 Å². The first-order chi connectivity index (χ1) is 8.47. The van der Waals surface area contributed by atoms with Crippen LogP contribution in [0.5, 0.6) is 0 Å². The van der Waals surface area contributed by atoms with E-state index in [0.717, 1.165) is 32.0 Å². The lowest BCUT2D eigenvalue weighted by molar-refractivity contribution is -0.137. The maximum absolute atomic E-state index is 12.9. The van der Waals surface area contributed by atoms with Gasteiger partial charge in [0.05, 0.1) is 5.56 Å². The van der Waals surface area contributed by atoms with Gasteiger partial charge in [-0.05, 0) is 44.1 Å². The summed E-state index contributed by atoms with van der Waals surface area (Å²) in [4.78, 5) is 0. The fourth-order valence-corrected chi connectivity index (χ4v) is 2.24.